The summed E-state index contributed by atoms with van der Waals surface area (Å²) in [6, 6.07) is 12.9. The minimum absolute atomic E-state index is 0.0893. The van der Waals surface area contributed by atoms with Crippen LogP contribution < -0.4 is 26.9 Å². The van der Waals surface area contributed by atoms with Crippen molar-refractivity contribution in [2.75, 3.05) is 20.7 Å². The number of nitrogens with one attached hydrogen (secondary N) is 2. The van der Waals surface area contributed by atoms with E-state index in [0.29, 0.717) is 12.4 Å². The van der Waals surface area contributed by atoms with E-state index in [2.05, 4.69) is 15.7 Å². The number of carbonyl (C=O) groups is 2. The predicted molar refractivity (Wildman–Crippen MR) is 105 cm³/mol. The molecule has 2 amide bonds. The molecule has 1 heterocycles. The van der Waals surface area contributed by atoms with E-state index in [0.717, 1.165) is 16.2 Å². The molecule has 146 valence electrons. The van der Waals surface area contributed by atoms with Crippen molar-refractivity contribution in [3.63, 3.8) is 0 Å². The highest BCUT2D eigenvalue weighted by Crippen LogP contribution is 2.41. The van der Waals surface area contributed by atoms with Crippen LogP contribution in [0.25, 0.3) is 0 Å². The Morgan fingerprint density at radius 2 is 1.93 bits per heavy atom. The molecule has 0 saturated carbocycles. The zero-order chi connectivity index (χ0) is 20.3. The first-order valence-corrected chi connectivity index (χ1v) is 8.62. The Labute approximate surface area is 162 Å². The number of nitrogens with two attached hydrogens (primary N) is 2. The average molecular weight is 382 g/mol. The number of hydrazine groups is 1. The van der Waals surface area contributed by atoms with E-state index in [1.54, 1.807) is 6.07 Å². The van der Waals surface area contributed by atoms with Gasteiger partial charge in [0.05, 0.1) is 12.2 Å². The van der Waals surface area contributed by atoms with Gasteiger partial charge in [-0.25, -0.2) is 11.0 Å². The monoisotopic (exact) mass is 382 g/mol. The largest absolute Gasteiger partial charge is 0.491 e. The lowest BCUT2D eigenvalue weighted by atomic mass is 9.90. The molecular weight excluding hydrogens is 360 g/mol. The molecule has 6 N–H and O–H groups in total. The van der Waals surface area contributed by atoms with Gasteiger partial charge in [0.15, 0.2) is 0 Å². The third-order valence-electron chi connectivity index (χ3n) is 4.33. The molecule has 2 aromatic rings. The summed E-state index contributed by atoms with van der Waals surface area (Å²) in [6.45, 7) is 0.385. The lowest BCUT2D eigenvalue weighted by Crippen LogP contribution is -2.39. The smallest absolute Gasteiger partial charge is 0.258 e. The lowest BCUT2D eigenvalue weighted by molar-refractivity contribution is 0.0960. The van der Waals surface area contributed by atoms with E-state index in [1.165, 1.54) is 20.2 Å². The second-order valence-electron chi connectivity index (χ2n) is 6.31. The Morgan fingerprint density at radius 1 is 1.21 bits per heavy atom. The van der Waals surface area contributed by atoms with Gasteiger partial charge in [0.1, 0.15) is 5.75 Å². The topological polar surface area (TPSA) is 135 Å². The van der Waals surface area contributed by atoms with Crippen molar-refractivity contribution in [2.24, 2.45) is 16.7 Å². The van der Waals surface area contributed by atoms with Crippen LogP contribution in [0.5, 0.6) is 5.75 Å². The molecule has 9 heteroatoms. The number of hydrogen-bond donors (Lipinski definition) is 4. The molecule has 0 unspecified atom stereocenters. The van der Waals surface area contributed by atoms with Crippen molar-refractivity contribution in [1.82, 2.24) is 15.8 Å². The van der Waals surface area contributed by atoms with E-state index in [9.17, 15) is 9.59 Å². The molecule has 9 nitrogen and oxygen atoms in total. The van der Waals surface area contributed by atoms with Gasteiger partial charge in [-0.2, -0.15) is 0 Å². The third kappa shape index (κ3) is 3.89. The number of carbonyl (C=O) groups excluding carboxylic acids is 2. The molecule has 28 heavy (non-hydrogen) atoms. The molecule has 0 aromatic heterocycles. The molecule has 0 aliphatic carbocycles. The molecule has 1 aliphatic rings. The number of rotatable bonds is 4. The van der Waals surface area contributed by atoms with Gasteiger partial charge >= 0.3 is 0 Å². The number of benzene rings is 2. The number of hydrazone groups is 1. The normalized spacial score (nSPS) is 15.4. The van der Waals surface area contributed by atoms with E-state index >= 15 is 0 Å². The van der Waals surface area contributed by atoms with Crippen molar-refractivity contribution in [1.29, 1.82) is 0 Å². The average Bonchev–Trinajstić information content (AvgIpc) is 3.10. The maximum atomic E-state index is 12.6. The summed E-state index contributed by atoms with van der Waals surface area (Å²) in [6.07, 6.45) is 0. The maximum absolute atomic E-state index is 12.6. The summed E-state index contributed by atoms with van der Waals surface area (Å²) >= 11 is 0. The van der Waals surface area contributed by atoms with Crippen LogP contribution in [0.3, 0.4) is 0 Å². The van der Waals surface area contributed by atoms with E-state index in [4.69, 9.17) is 16.3 Å². The SMILES string of the molecule is CNC(=O)c1cc(C(=O)N/C(N)=N/N(C)N)cc2c1OC[C@H]2c1ccccc1. The van der Waals surface area contributed by atoms with Gasteiger partial charge in [-0.1, -0.05) is 30.3 Å². The predicted octanol–water partition coefficient (Wildman–Crippen LogP) is 0.336. The van der Waals surface area contributed by atoms with Crippen LogP contribution in [0.2, 0.25) is 0 Å². The fourth-order valence-electron chi connectivity index (χ4n) is 3.11. The number of amides is 2. The van der Waals surface area contributed by atoms with Gasteiger partial charge in [-0.3, -0.25) is 14.9 Å². The van der Waals surface area contributed by atoms with E-state index in [-0.39, 0.29) is 28.9 Å². The quantitative estimate of drug-likeness (QED) is 0.261. The number of hydrogen-bond acceptors (Lipinski definition) is 6. The van der Waals surface area contributed by atoms with Crippen molar-refractivity contribution >= 4 is 17.8 Å². The number of nitrogens with zero attached hydrogens (tertiary/aromatic N) is 2. The minimum Gasteiger partial charge on any atom is -0.491 e. The van der Waals surface area contributed by atoms with Crippen LogP contribution in [-0.2, 0) is 0 Å². The van der Waals surface area contributed by atoms with Gasteiger partial charge in [0.2, 0.25) is 5.96 Å². The van der Waals surface area contributed by atoms with Crippen LogP contribution in [0.4, 0.5) is 0 Å². The Balaban J connectivity index is 2.03. The molecule has 3 rings (SSSR count). The van der Waals surface area contributed by atoms with E-state index in [1.807, 2.05) is 30.3 Å². The fraction of sp³-hybridized carbons (Fsp3) is 0.211. The first kappa shape index (κ1) is 19.2. The van der Waals surface area contributed by atoms with Crippen LogP contribution in [0.1, 0.15) is 37.8 Å². The van der Waals surface area contributed by atoms with E-state index < -0.39 is 5.91 Å². The third-order valence-corrected chi connectivity index (χ3v) is 4.33. The summed E-state index contributed by atoms with van der Waals surface area (Å²) in [5.41, 5.74) is 8.02. The standard InChI is InChI=1S/C19H22N6O3/c1-22-18(27)14-9-12(17(26)23-19(20)24-25(2)21)8-13-15(10-28-16(13)14)11-6-4-3-5-7-11/h3-9,15H,10,21H2,1-2H3,(H,22,27)(H3,20,23,24,26)/t15-/m0/s1. The van der Waals surface area contributed by atoms with Crippen LogP contribution in [0, 0.1) is 0 Å². The molecular formula is C19H22N6O3. The molecule has 2 aromatic carbocycles. The van der Waals surface area contributed by atoms with Gasteiger partial charge in [-0.15, -0.1) is 5.10 Å². The molecule has 1 aliphatic heterocycles. The first-order chi connectivity index (χ1) is 13.4. The molecule has 0 bridgehead atoms. The fourth-order valence-corrected chi connectivity index (χ4v) is 3.11. The van der Waals surface area contributed by atoms with Gasteiger partial charge in [-0.05, 0) is 17.7 Å². The van der Waals surface area contributed by atoms with Crippen molar-refractivity contribution < 1.29 is 14.3 Å². The van der Waals surface area contributed by atoms with Gasteiger partial charge in [0, 0.05) is 31.1 Å². The maximum Gasteiger partial charge on any atom is 0.258 e. The molecule has 0 radical (unpaired) electrons. The zero-order valence-corrected chi connectivity index (χ0v) is 15.6. The summed E-state index contributed by atoms with van der Waals surface area (Å²) in [7, 11) is 2.99. The summed E-state index contributed by atoms with van der Waals surface area (Å²) in [5, 5.41) is 9.73. The van der Waals surface area contributed by atoms with Gasteiger partial charge in [0.25, 0.3) is 11.8 Å². The number of fused-ring (bicyclic) bond motifs is 1. The van der Waals surface area contributed by atoms with Crippen LogP contribution in [-0.4, -0.2) is 43.6 Å². The summed E-state index contributed by atoms with van der Waals surface area (Å²) < 4.78 is 5.82. The molecule has 0 fully saturated rings. The van der Waals surface area contributed by atoms with Gasteiger partial charge < -0.3 is 15.8 Å². The first-order valence-electron chi connectivity index (χ1n) is 8.62. The second kappa shape index (κ2) is 7.97. The van der Waals surface area contributed by atoms with Crippen LogP contribution in [0.15, 0.2) is 47.6 Å². The number of guanidine groups is 1. The lowest BCUT2D eigenvalue weighted by Gasteiger charge is -2.13. The highest BCUT2D eigenvalue weighted by Gasteiger charge is 2.31. The number of ether oxygens (including phenoxy) is 1. The molecule has 0 saturated heterocycles. The Kier molecular flexibility index (Phi) is 5.46. The zero-order valence-electron chi connectivity index (χ0n) is 15.6. The minimum atomic E-state index is -0.505. The van der Waals surface area contributed by atoms with Crippen LogP contribution >= 0.6 is 0 Å². The second-order valence-corrected chi connectivity index (χ2v) is 6.31. The molecule has 0 spiro atoms. The summed E-state index contributed by atoms with van der Waals surface area (Å²) in [5.74, 6) is 4.77. The van der Waals surface area contributed by atoms with Crippen molar-refractivity contribution in [2.45, 2.75) is 5.92 Å². The van der Waals surface area contributed by atoms with Crippen molar-refractivity contribution in [3.05, 3.63) is 64.7 Å². The Hall–Kier alpha value is -3.59. The summed E-state index contributed by atoms with van der Waals surface area (Å²) in [4.78, 5) is 25.0. The van der Waals surface area contributed by atoms with Crippen molar-refractivity contribution in [3.8, 4) is 5.75 Å². The highest BCUT2D eigenvalue weighted by atomic mass is 16.5. The highest BCUT2D eigenvalue weighted by molar-refractivity contribution is 6.07. The molecule has 1 atom stereocenters. The Morgan fingerprint density at radius 3 is 2.57 bits per heavy atom. The Bertz CT molecular complexity index is 927.